The van der Waals surface area contributed by atoms with Gasteiger partial charge in [0.05, 0.1) is 40.9 Å². The lowest BCUT2D eigenvalue weighted by Gasteiger charge is -2.22. The lowest BCUT2D eigenvalue weighted by molar-refractivity contribution is -0.137. The maximum atomic E-state index is 14.1. The first-order valence-electron chi connectivity index (χ1n) is 23.2. The standard InChI is InChI=1S/C61H57F3N4/c1-57(2,3)37-20-26-50-43(31-37)44-32-38(58(4,5)6)21-27-51(44)67(50)54-25-18-36(42-24-19-41(61(62,63)64)35-49(42)66-14)30-47(54)56-48(65-13)16-15-17-55(56)68-52-28-22-39(59(7,8)9)33-45(52)46-34-40(60(10,11)12)23-29-53(46)68/h15-35H,1-12H3. The van der Waals surface area contributed by atoms with Crippen LogP contribution < -0.4 is 0 Å². The van der Waals surface area contributed by atoms with Crippen LogP contribution in [0.2, 0.25) is 0 Å². The minimum atomic E-state index is -4.61. The van der Waals surface area contributed by atoms with Gasteiger partial charge in [-0.1, -0.05) is 138 Å². The van der Waals surface area contributed by atoms with E-state index in [4.69, 9.17) is 13.1 Å². The first-order chi connectivity index (χ1) is 31.8. The van der Waals surface area contributed by atoms with Gasteiger partial charge in [-0.05, 0) is 133 Å². The molecule has 4 nitrogen and oxygen atoms in total. The molecule has 9 aromatic rings. The summed E-state index contributed by atoms with van der Waals surface area (Å²) in [6.07, 6.45) is -4.61. The van der Waals surface area contributed by atoms with Crippen LogP contribution in [0.15, 0.2) is 127 Å². The third-order valence-electron chi connectivity index (χ3n) is 13.6. The number of alkyl halides is 3. The third kappa shape index (κ3) is 7.82. The van der Waals surface area contributed by atoms with Gasteiger partial charge in [0.1, 0.15) is 0 Å². The lowest BCUT2D eigenvalue weighted by atomic mass is 9.85. The van der Waals surface area contributed by atoms with E-state index in [1.807, 2.05) is 30.3 Å². The van der Waals surface area contributed by atoms with Crippen molar-refractivity contribution < 1.29 is 13.2 Å². The second-order valence-corrected chi connectivity index (χ2v) is 22.5. The monoisotopic (exact) mass is 902 g/mol. The summed E-state index contributed by atoms with van der Waals surface area (Å²) >= 11 is 0. The van der Waals surface area contributed by atoms with Crippen molar-refractivity contribution in [1.82, 2.24) is 9.13 Å². The minimum absolute atomic E-state index is 0.106. The number of nitrogens with zero attached hydrogens (tertiary/aromatic N) is 4. The van der Waals surface area contributed by atoms with Crippen LogP contribution in [-0.4, -0.2) is 9.13 Å². The zero-order valence-corrected chi connectivity index (χ0v) is 41.0. The Morgan fingerprint density at radius 1 is 0.382 bits per heavy atom. The number of aromatic nitrogens is 2. The molecular formula is C61H57F3N4. The van der Waals surface area contributed by atoms with E-state index in [0.29, 0.717) is 27.9 Å². The summed E-state index contributed by atoms with van der Waals surface area (Å²) in [5, 5.41) is 4.39. The van der Waals surface area contributed by atoms with Gasteiger partial charge in [-0.3, -0.25) is 0 Å². The van der Waals surface area contributed by atoms with E-state index >= 15 is 0 Å². The number of rotatable bonds is 4. The van der Waals surface area contributed by atoms with E-state index in [2.05, 4.69) is 181 Å². The average Bonchev–Trinajstić information content (AvgIpc) is 3.78. The molecule has 7 heteroatoms. The fourth-order valence-electron chi connectivity index (χ4n) is 9.66. The Balaban J connectivity index is 1.44. The average molecular weight is 903 g/mol. The molecule has 0 amide bonds. The molecule has 0 spiro atoms. The number of fused-ring (bicyclic) bond motifs is 6. The molecule has 2 heterocycles. The largest absolute Gasteiger partial charge is 0.415 e. The minimum Gasteiger partial charge on any atom is -0.310 e. The molecule has 7 aromatic carbocycles. The van der Waals surface area contributed by atoms with Gasteiger partial charge in [0.25, 0.3) is 0 Å². The van der Waals surface area contributed by atoms with Gasteiger partial charge < -0.3 is 9.13 Å². The summed E-state index contributed by atoms with van der Waals surface area (Å²) in [7, 11) is 0. The second-order valence-electron chi connectivity index (χ2n) is 22.5. The second kappa shape index (κ2) is 15.7. The van der Waals surface area contributed by atoms with Crippen molar-refractivity contribution in [2.45, 2.75) is 111 Å². The van der Waals surface area contributed by atoms with Crippen LogP contribution in [0, 0.1) is 13.1 Å². The molecule has 9 rings (SSSR count). The molecule has 0 bridgehead atoms. The Bertz CT molecular complexity index is 3470. The molecule has 0 saturated heterocycles. The van der Waals surface area contributed by atoms with Crippen LogP contribution in [0.1, 0.15) is 111 Å². The van der Waals surface area contributed by atoms with Crippen LogP contribution in [0.25, 0.3) is 86.9 Å². The van der Waals surface area contributed by atoms with Gasteiger partial charge in [-0.15, -0.1) is 0 Å². The van der Waals surface area contributed by atoms with E-state index in [1.165, 1.54) is 28.3 Å². The molecule has 0 N–H and O–H groups in total. The van der Waals surface area contributed by atoms with Gasteiger partial charge in [-0.2, -0.15) is 13.2 Å². The van der Waals surface area contributed by atoms with E-state index in [-0.39, 0.29) is 27.3 Å². The van der Waals surface area contributed by atoms with Gasteiger partial charge in [-0.25, -0.2) is 9.69 Å². The molecule has 0 fully saturated rings. The number of hydrogen-bond acceptors (Lipinski definition) is 0. The number of hydrogen-bond donors (Lipinski definition) is 0. The Hall–Kier alpha value is -7.09. The van der Waals surface area contributed by atoms with Gasteiger partial charge in [0, 0.05) is 38.4 Å². The van der Waals surface area contributed by atoms with Crippen LogP contribution in [0.5, 0.6) is 0 Å². The quantitative estimate of drug-likeness (QED) is 0.157. The number of halogens is 3. The molecular weight excluding hydrogens is 846 g/mol. The van der Waals surface area contributed by atoms with Crippen LogP contribution in [-0.2, 0) is 27.8 Å². The Morgan fingerprint density at radius 3 is 1.16 bits per heavy atom. The fourth-order valence-corrected chi connectivity index (χ4v) is 9.66. The van der Waals surface area contributed by atoms with E-state index in [9.17, 15) is 13.2 Å². The zero-order valence-electron chi connectivity index (χ0n) is 41.0. The molecule has 0 radical (unpaired) electrons. The molecule has 2 aromatic heterocycles. The molecule has 0 aliphatic carbocycles. The van der Waals surface area contributed by atoms with E-state index in [1.54, 1.807) is 0 Å². The summed E-state index contributed by atoms with van der Waals surface area (Å²) < 4.78 is 46.8. The summed E-state index contributed by atoms with van der Waals surface area (Å²) in [4.78, 5) is 7.86. The summed E-state index contributed by atoms with van der Waals surface area (Å²) in [6, 6.07) is 41.8. The lowest BCUT2D eigenvalue weighted by Crippen LogP contribution is -2.10. The van der Waals surface area contributed by atoms with Crippen molar-refractivity contribution in [3.8, 4) is 33.6 Å². The Kier molecular flexibility index (Phi) is 10.7. The van der Waals surface area contributed by atoms with E-state index in [0.717, 1.165) is 67.1 Å². The summed E-state index contributed by atoms with van der Waals surface area (Å²) in [5.74, 6) is 0. The highest BCUT2D eigenvalue weighted by Gasteiger charge is 2.32. The summed E-state index contributed by atoms with van der Waals surface area (Å²) in [6.45, 7) is 43.5. The first kappa shape index (κ1) is 46.0. The molecule has 0 aliphatic rings. The molecule has 342 valence electrons. The van der Waals surface area contributed by atoms with Crippen LogP contribution in [0.4, 0.5) is 24.5 Å². The van der Waals surface area contributed by atoms with Gasteiger partial charge in [0.2, 0.25) is 0 Å². The smallest absolute Gasteiger partial charge is 0.310 e. The normalized spacial score (nSPS) is 12.9. The maximum absolute atomic E-state index is 14.1. The predicted octanol–water partition coefficient (Wildman–Crippen LogP) is 18.5. The van der Waals surface area contributed by atoms with Gasteiger partial charge >= 0.3 is 6.18 Å². The van der Waals surface area contributed by atoms with E-state index < -0.39 is 11.7 Å². The topological polar surface area (TPSA) is 18.6 Å². The maximum Gasteiger partial charge on any atom is 0.415 e. The molecule has 0 aliphatic heterocycles. The highest BCUT2D eigenvalue weighted by Crippen LogP contribution is 2.48. The molecule has 0 saturated carbocycles. The van der Waals surface area contributed by atoms with Crippen molar-refractivity contribution in [1.29, 1.82) is 0 Å². The summed E-state index contributed by atoms with van der Waals surface area (Å²) in [5.41, 5.74) is 11.6. The zero-order chi connectivity index (χ0) is 49.0. The third-order valence-corrected chi connectivity index (χ3v) is 13.6. The Morgan fingerprint density at radius 2 is 0.779 bits per heavy atom. The van der Waals surface area contributed by atoms with Crippen molar-refractivity contribution in [2.24, 2.45) is 0 Å². The first-order valence-corrected chi connectivity index (χ1v) is 23.2. The van der Waals surface area contributed by atoms with Crippen LogP contribution in [0.3, 0.4) is 0 Å². The van der Waals surface area contributed by atoms with Gasteiger partial charge in [0.15, 0.2) is 11.4 Å². The molecule has 0 unspecified atom stereocenters. The van der Waals surface area contributed by atoms with Crippen molar-refractivity contribution in [3.63, 3.8) is 0 Å². The van der Waals surface area contributed by atoms with Crippen molar-refractivity contribution in [3.05, 3.63) is 178 Å². The number of benzene rings is 7. The van der Waals surface area contributed by atoms with Crippen molar-refractivity contribution >= 4 is 55.0 Å². The van der Waals surface area contributed by atoms with Crippen molar-refractivity contribution in [2.75, 3.05) is 0 Å². The fraction of sp³-hybridized carbons (Fsp3) is 0.279. The highest BCUT2D eigenvalue weighted by molar-refractivity contribution is 6.13. The Labute approximate surface area is 398 Å². The molecule has 68 heavy (non-hydrogen) atoms. The molecule has 0 atom stereocenters. The SMILES string of the molecule is [C-]#[N+]c1cc(C(F)(F)F)ccc1-c1ccc(-n2c3ccc(C(C)(C)C)cc3c3cc(C(C)(C)C)ccc32)c(-c2c([N+]#[C-])cccc2-n2c3ccc(C(C)(C)C)cc3c3cc(C(C)(C)C)ccc32)c1. The highest BCUT2D eigenvalue weighted by atomic mass is 19.4. The predicted molar refractivity (Wildman–Crippen MR) is 278 cm³/mol. The van der Waals surface area contributed by atoms with Crippen LogP contribution >= 0.6 is 0 Å².